The van der Waals surface area contributed by atoms with E-state index in [4.69, 9.17) is 0 Å². The fraction of sp³-hybridized carbons (Fsp3) is 0.231. The number of guanidine groups is 1. The Labute approximate surface area is 111 Å². The molecule has 0 aliphatic carbocycles. The van der Waals surface area contributed by atoms with Crippen LogP contribution in [0.25, 0.3) is 0 Å². The number of aromatic nitrogens is 1. The van der Waals surface area contributed by atoms with Gasteiger partial charge in [-0.2, -0.15) is 0 Å². The van der Waals surface area contributed by atoms with Crippen LogP contribution in [0, 0.1) is 0 Å². The van der Waals surface area contributed by atoms with Crippen LogP contribution in [-0.4, -0.2) is 18.0 Å². The summed E-state index contributed by atoms with van der Waals surface area (Å²) in [4.78, 5) is 9.71. The van der Waals surface area contributed by atoms with E-state index in [9.17, 15) is 0 Å². The van der Waals surface area contributed by atoms with E-state index in [-0.39, 0.29) is 0 Å². The lowest BCUT2D eigenvalue weighted by Crippen LogP contribution is -2.36. The second kappa shape index (κ2) is 6.76. The molecule has 2 aromatic rings. The SMILES string of the molecule is CN=C(NCc1ccccn1)NCc1cccs1. The lowest BCUT2D eigenvalue weighted by molar-refractivity contribution is 0.799. The Morgan fingerprint density at radius 2 is 2.11 bits per heavy atom. The van der Waals surface area contributed by atoms with Crippen LogP contribution in [0.5, 0.6) is 0 Å². The molecule has 0 fully saturated rings. The molecule has 4 nitrogen and oxygen atoms in total. The van der Waals surface area contributed by atoms with Gasteiger partial charge in [-0.05, 0) is 23.6 Å². The minimum Gasteiger partial charge on any atom is -0.352 e. The van der Waals surface area contributed by atoms with Crippen molar-refractivity contribution in [2.24, 2.45) is 4.99 Å². The molecule has 0 saturated heterocycles. The zero-order valence-corrected chi connectivity index (χ0v) is 11.1. The molecule has 5 heteroatoms. The van der Waals surface area contributed by atoms with Gasteiger partial charge in [0.1, 0.15) is 0 Å². The molecule has 94 valence electrons. The Hall–Kier alpha value is -1.88. The number of nitrogens with one attached hydrogen (secondary N) is 2. The van der Waals surface area contributed by atoms with E-state index in [1.54, 1.807) is 24.6 Å². The topological polar surface area (TPSA) is 49.3 Å². The molecule has 2 aromatic heterocycles. The number of nitrogens with zero attached hydrogens (tertiary/aromatic N) is 2. The summed E-state index contributed by atoms with van der Waals surface area (Å²) in [6.07, 6.45) is 1.79. The van der Waals surface area contributed by atoms with Gasteiger partial charge in [0.05, 0.1) is 18.8 Å². The normalized spacial score (nSPS) is 11.3. The van der Waals surface area contributed by atoms with Crippen molar-refractivity contribution in [1.82, 2.24) is 15.6 Å². The first kappa shape index (κ1) is 12.6. The molecule has 2 rings (SSSR count). The fourth-order valence-corrected chi connectivity index (χ4v) is 2.13. The summed E-state index contributed by atoms with van der Waals surface area (Å²) in [5.41, 5.74) is 0.997. The summed E-state index contributed by atoms with van der Waals surface area (Å²) in [7, 11) is 1.77. The predicted molar refractivity (Wildman–Crippen MR) is 75.6 cm³/mol. The van der Waals surface area contributed by atoms with E-state index in [0.717, 1.165) is 18.2 Å². The molecule has 0 bridgehead atoms. The quantitative estimate of drug-likeness (QED) is 0.653. The Morgan fingerprint density at radius 3 is 2.78 bits per heavy atom. The Morgan fingerprint density at radius 1 is 1.22 bits per heavy atom. The molecule has 18 heavy (non-hydrogen) atoms. The zero-order chi connectivity index (χ0) is 12.6. The standard InChI is InChI=1S/C13H16N4S/c1-14-13(17-10-12-6-4-8-18-12)16-9-11-5-2-3-7-15-11/h2-8H,9-10H2,1H3,(H2,14,16,17). The highest BCUT2D eigenvalue weighted by Crippen LogP contribution is 2.07. The molecule has 0 radical (unpaired) electrons. The summed E-state index contributed by atoms with van der Waals surface area (Å²) >= 11 is 1.73. The first-order valence-electron chi connectivity index (χ1n) is 5.75. The van der Waals surface area contributed by atoms with Crippen molar-refractivity contribution in [3.63, 3.8) is 0 Å². The van der Waals surface area contributed by atoms with Crippen LogP contribution in [0.2, 0.25) is 0 Å². The highest BCUT2D eigenvalue weighted by atomic mass is 32.1. The average Bonchev–Trinajstić information content (AvgIpc) is 2.93. The maximum atomic E-state index is 4.25. The van der Waals surface area contributed by atoms with Gasteiger partial charge in [0.15, 0.2) is 5.96 Å². The Balaban J connectivity index is 1.79. The number of hydrogen-bond donors (Lipinski definition) is 2. The molecule has 0 aliphatic rings. The minimum absolute atomic E-state index is 0.672. The van der Waals surface area contributed by atoms with Crippen LogP contribution in [0.4, 0.5) is 0 Å². The Kier molecular flexibility index (Phi) is 4.72. The van der Waals surface area contributed by atoms with Gasteiger partial charge in [0, 0.05) is 18.1 Å². The first-order valence-corrected chi connectivity index (χ1v) is 6.63. The van der Waals surface area contributed by atoms with Crippen molar-refractivity contribution in [2.45, 2.75) is 13.1 Å². The molecular formula is C13H16N4S. The van der Waals surface area contributed by atoms with Crippen molar-refractivity contribution in [3.05, 3.63) is 52.5 Å². The van der Waals surface area contributed by atoms with Crippen LogP contribution in [-0.2, 0) is 13.1 Å². The summed E-state index contributed by atoms with van der Waals surface area (Å²) in [5.74, 6) is 0.786. The average molecular weight is 260 g/mol. The second-order valence-corrected chi connectivity index (χ2v) is 4.71. The molecule has 0 unspecified atom stereocenters. The van der Waals surface area contributed by atoms with Crippen molar-refractivity contribution in [2.75, 3.05) is 7.05 Å². The first-order chi connectivity index (χ1) is 8.88. The second-order valence-electron chi connectivity index (χ2n) is 3.68. The molecule has 0 amide bonds. The number of hydrogen-bond acceptors (Lipinski definition) is 3. The van der Waals surface area contributed by atoms with Gasteiger partial charge >= 0.3 is 0 Å². The van der Waals surface area contributed by atoms with E-state index >= 15 is 0 Å². The number of pyridine rings is 1. The summed E-state index contributed by atoms with van der Waals surface area (Å²) in [5, 5.41) is 8.56. The molecule has 0 spiro atoms. The molecule has 0 saturated carbocycles. The van der Waals surface area contributed by atoms with Gasteiger partial charge in [0.2, 0.25) is 0 Å². The molecular weight excluding hydrogens is 244 g/mol. The van der Waals surface area contributed by atoms with Crippen LogP contribution < -0.4 is 10.6 Å². The zero-order valence-electron chi connectivity index (χ0n) is 10.3. The lowest BCUT2D eigenvalue weighted by Gasteiger charge is -2.10. The van der Waals surface area contributed by atoms with Crippen molar-refractivity contribution < 1.29 is 0 Å². The smallest absolute Gasteiger partial charge is 0.191 e. The van der Waals surface area contributed by atoms with E-state index < -0.39 is 0 Å². The van der Waals surface area contributed by atoms with E-state index in [1.807, 2.05) is 24.3 Å². The van der Waals surface area contributed by atoms with Gasteiger partial charge in [-0.25, -0.2) is 0 Å². The molecule has 0 atom stereocenters. The summed E-state index contributed by atoms with van der Waals surface area (Å²) in [6.45, 7) is 1.46. The third kappa shape index (κ3) is 3.85. The van der Waals surface area contributed by atoms with Crippen molar-refractivity contribution >= 4 is 17.3 Å². The Bertz CT molecular complexity index is 479. The number of thiophene rings is 1. The molecule has 2 heterocycles. The molecule has 2 N–H and O–H groups in total. The van der Waals surface area contributed by atoms with E-state index in [0.29, 0.717) is 6.54 Å². The van der Waals surface area contributed by atoms with Crippen LogP contribution in [0.1, 0.15) is 10.6 Å². The molecule has 0 aromatic carbocycles. The van der Waals surface area contributed by atoms with Crippen LogP contribution in [0.3, 0.4) is 0 Å². The maximum absolute atomic E-state index is 4.25. The summed E-state index contributed by atoms with van der Waals surface area (Å²) < 4.78 is 0. The fourth-order valence-electron chi connectivity index (χ4n) is 1.48. The van der Waals surface area contributed by atoms with Gasteiger partial charge < -0.3 is 10.6 Å². The highest BCUT2D eigenvalue weighted by Gasteiger charge is 1.99. The lowest BCUT2D eigenvalue weighted by atomic mass is 10.3. The van der Waals surface area contributed by atoms with Gasteiger partial charge in [-0.15, -0.1) is 11.3 Å². The number of aliphatic imine (C=N–C) groups is 1. The third-order valence-electron chi connectivity index (χ3n) is 2.40. The van der Waals surface area contributed by atoms with E-state index in [2.05, 4.69) is 32.1 Å². The van der Waals surface area contributed by atoms with E-state index in [1.165, 1.54) is 4.88 Å². The van der Waals surface area contributed by atoms with Gasteiger partial charge in [-0.3, -0.25) is 9.98 Å². The summed E-state index contributed by atoms with van der Waals surface area (Å²) in [6, 6.07) is 10.0. The predicted octanol–water partition coefficient (Wildman–Crippen LogP) is 2.01. The van der Waals surface area contributed by atoms with Crippen molar-refractivity contribution in [3.8, 4) is 0 Å². The van der Waals surface area contributed by atoms with Crippen molar-refractivity contribution in [1.29, 1.82) is 0 Å². The minimum atomic E-state index is 0.672. The largest absolute Gasteiger partial charge is 0.352 e. The number of rotatable bonds is 4. The van der Waals surface area contributed by atoms with Gasteiger partial charge in [0.25, 0.3) is 0 Å². The molecule has 0 aliphatic heterocycles. The maximum Gasteiger partial charge on any atom is 0.191 e. The monoisotopic (exact) mass is 260 g/mol. The van der Waals surface area contributed by atoms with Gasteiger partial charge in [-0.1, -0.05) is 12.1 Å². The highest BCUT2D eigenvalue weighted by molar-refractivity contribution is 7.09. The van der Waals surface area contributed by atoms with Crippen LogP contribution >= 0.6 is 11.3 Å². The third-order valence-corrected chi connectivity index (χ3v) is 3.27. The van der Waals surface area contributed by atoms with Crippen LogP contribution in [0.15, 0.2) is 46.9 Å².